The molecule has 0 saturated carbocycles. The Kier molecular flexibility index (Phi) is 4.50. The van der Waals surface area contributed by atoms with Gasteiger partial charge in [-0.15, -0.1) is 5.10 Å². The van der Waals surface area contributed by atoms with Crippen LogP contribution in [0.15, 0.2) is 6.20 Å². The third-order valence-electron chi connectivity index (χ3n) is 2.14. The van der Waals surface area contributed by atoms with Gasteiger partial charge in [-0.05, 0) is 19.3 Å². The number of aromatic nitrogens is 3. The lowest BCUT2D eigenvalue weighted by atomic mass is 10.1. The van der Waals surface area contributed by atoms with Gasteiger partial charge in [-0.2, -0.15) is 13.5 Å². The zero-order chi connectivity index (χ0) is 12.9. The molecule has 0 atom stereocenters. The highest BCUT2D eigenvalue weighted by Gasteiger charge is 2.31. The molecule has 0 aliphatic heterocycles. The molecule has 2 N–H and O–H groups in total. The van der Waals surface area contributed by atoms with E-state index in [1.807, 2.05) is 0 Å². The van der Waals surface area contributed by atoms with Crippen molar-refractivity contribution in [2.45, 2.75) is 31.7 Å². The minimum absolute atomic E-state index is 0.0426. The van der Waals surface area contributed by atoms with E-state index in [0.29, 0.717) is 29.6 Å². The number of rotatable bonds is 7. The number of aliphatic hydroxyl groups is 1. The van der Waals surface area contributed by atoms with Gasteiger partial charge in [0, 0.05) is 6.42 Å². The Morgan fingerprint density at radius 3 is 2.76 bits per heavy atom. The van der Waals surface area contributed by atoms with Gasteiger partial charge >= 0.3 is 12.0 Å². The number of aryl methyl sites for hydroxylation is 1. The molecule has 1 rings (SSSR count). The minimum Gasteiger partial charge on any atom is -0.481 e. The highest BCUT2D eigenvalue weighted by atomic mass is 19.3. The molecule has 6 nitrogen and oxygen atoms in total. The monoisotopic (exact) mass is 249 g/mol. The lowest BCUT2D eigenvalue weighted by molar-refractivity contribution is -0.137. The number of aliphatic carboxylic acids is 1. The number of aliphatic hydroxyl groups excluding tert-OH is 1. The predicted octanol–water partition coefficient (Wildman–Crippen LogP) is 0.617. The summed E-state index contributed by atoms with van der Waals surface area (Å²) in [6.45, 7) is -1.34. The van der Waals surface area contributed by atoms with E-state index in [0.717, 1.165) is 6.20 Å². The third-order valence-corrected chi connectivity index (χ3v) is 2.14. The van der Waals surface area contributed by atoms with Gasteiger partial charge in [0.25, 0.3) is 0 Å². The number of nitrogens with zero attached hydrogens (tertiary/aromatic N) is 3. The van der Waals surface area contributed by atoms with Crippen LogP contribution < -0.4 is 0 Å². The molecule has 17 heavy (non-hydrogen) atoms. The van der Waals surface area contributed by atoms with Crippen molar-refractivity contribution in [3.63, 3.8) is 0 Å². The number of unbranched alkanes of at least 4 members (excludes halogenated alkanes) is 1. The number of carboxylic acids is 1. The molecule has 0 saturated heterocycles. The van der Waals surface area contributed by atoms with Crippen molar-refractivity contribution in [1.82, 2.24) is 15.0 Å². The molecule has 0 aliphatic carbocycles. The molecule has 0 aromatic carbocycles. The molecule has 0 spiro atoms. The fourth-order valence-corrected chi connectivity index (χ4v) is 1.23. The number of alkyl halides is 2. The predicted molar refractivity (Wildman–Crippen MR) is 52.5 cm³/mol. The molecule has 0 unspecified atom stereocenters. The van der Waals surface area contributed by atoms with Crippen LogP contribution in [0.2, 0.25) is 0 Å². The normalized spacial score (nSPS) is 11.7. The van der Waals surface area contributed by atoms with Crippen molar-refractivity contribution < 1.29 is 23.8 Å². The van der Waals surface area contributed by atoms with Crippen molar-refractivity contribution >= 4 is 5.97 Å². The van der Waals surface area contributed by atoms with Crippen LogP contribution in [0, 0.1) is 0 Å². The number of hydrogen-bond donors (Lipinski definition) is 2. The van der Waals surface area contributed by atoms with Crippen LogP contribution in [-0.4, -0.2) is 37.8 Å². The summed E-state index contributed by atoms with van der Waals surface area (Å²) in [7, 11) is 0. The average molecular weight is 249 g/mol. The van der Waals surface area contributed by atoms with Crippen LogP contribution in [0.1, 0.15) is 25.0 Å². The maximum atomic E-state index is 12.9. The van der Waals surface area contributed by atoms with Gasteiger partial charge < -0.3 is 10.2 Å². The summed E-state index contributed by atoms with van der Waals surface area (Å²) >= 11 is 0. The second-order valence-electron chi connectivity index (χ2n) is 3.58. The Bertz CT molecular complexity index is 381. The smallest absolute Gasteiger partial charge is 0.367 e. The van der Waals surface area contributed by atoms with E-state index in [2.05, 4.69) is 10.3 Å². The Labute approximate surface area is 95.9 Å². The van der Waals surface area contributed by atoms with Gasteiger partial charge in [0.05, 0.1) is 11.9 Å². The molecule has 0 fully saturated rings. The molecule has 0 bridgehead atoms. The largest absolute Gasteiger partial charge is 0.481 e. The average Bonchev–Trinajstić information content (AvgIpc) is 2.73. The Balaban J connectivity index is 2.44. The van der Waals surface area contributed by atoms with E-state index in [1.54, 1.807) is 0 Å². The summed E-state index contributed by atoms with van der Waals surface area (Å²) in [6.07, 6.45) is 2.47. The maximum absolute atomic E-state index is 12.9. The van der Waals surface area contributed by atoms with Gasteiger partial charge in [-0.3, -0.25) is 4.79 Å². The standard InChI is InChI=1S/C9H13F2N3O3/c10-9(11,6-15)14-5-7(12-13-14)3-1-2-4-8(16)17/h5,15H,1-4,6H2,(H,16,17). The first-order valence-corrected chi connectivity index (χ1v) is 5.08. The van der Waals surface area contributed by atoms with E-state index in [4.69, 9.17) is 10.2 Å². The van der Waals surface area contributed by atoms with Gasteiger partial charge in [0.1, 0.15) is 6.61 Å². The molecule has 1 aromatic heterocycles. The first-order valence-electron chi connectivity index (χ1n) is 5.08. The van der Waals surface area contributed by atoms with Crippen LogP contribution in [0.25, 0.3) is 0 Å². The number of halogens is 2. The quantitative estimate of drug-likeness (QED) is 0.691. The van der Waals surface area contributed by atoms with E-state index in [9.17, 15) is 13.6 Å². The molecular formula is C9H13F2N3O3. The molecule has 1 heterocycles. The van der Waals surface area contributed by atoms with Crippen LogP contribution in [0.5, 0.6) is 0 Å². The van der Waals surface area contributed by atoms with E-state index < -0.39 is 18.6 Å². The first kappa shape index (κ1) is 13.5. The van der Waals surface area contributed by atoms with Crippen molar-refractivity contribution in [2.24, 2.45) is 0 Å². The SMILES string of the molecule is O=C(O)CCCCc1cn(C(F)(F)CO)nn1. The molecule has 0 radical (unpaired) electrons. The first-order chi connectivity index (χ1) is 7.95. The Hall–Kier alpha value is -1.57. The number of carboxylic acid groups (broad SMARTS) is 1. The van der Waals surface area contributed by atoms with Crippen molar-refractivity contribution in [3.05, 3.63) is 11.9 Å². The van der Waals surface area contributed by atoms with Gasteiger partial charge in [0.15, 0.2) is 0 Å². The molecule has 0 amide bonds. The minimum atomic E-state index is -3.45. The van der Waals surface area contributed by atoms with Crippen LogP contribution in [0.3, 0.4) is 0 Å². The second kappa shape index (κ2) is 5.67. The van der Waals surface area contributed by atoms with E-state index in [1.165, 1.54) is 0 Å². The Morgan fingerprint density at radius 2 is 2.18 bits per heavy atom. The van der Waals surface area contributed by atoms with Gasteiger partial charge in [-0.25, -0.2) is 0 Å². The summed E-state index contributed by atoms with van der Waals surface area (Å²) in [5.41, 5.74) is 0.350. The zero-order valence-electron chi connectivity index (χ0n) is 9.01. The molecular weight excluding hydrogens is 236 g/mol. The Morgan fingerprint density at radius 1 is 1.47 bits per heavy atom. The summed E-state index contributed by atoms with van der Waals surface area (Å²) < 4.78 is 26.2. The fraction of sp³-hybridized carbons (Fsp3) is 0.667. The highest BCUT2D eigenvalue weighted by Crippen LogP contribution is 2.18. The maximum Gasteiger partial charge on any atom is 0.367 e. The summed E-state index contributed by atoms with van der Waals surface area (Å²) in [6, 6.07) is -3.45. The van der Waals surface area contributed by atoms with Crippen molar-refractivity contribution in [1.29, 1.82) is 0 Å². The molecule has 1 aromatic rings. The zero-order valence-corrected chi connectivity index (χ0v) is 9.01. The molecule has 8 heteroatoms. The summed E-state index contributed by atoms with van der Waals surface area (Å²) in [5.74, 6) is -0.888. The van der Waals surface area contributed by atoms with Crippen molar-refractivity contribution in [2.75, 3.05) is 6.61 Å². The van der Waals surface area contributed by atoms with Gasteiger partial charge in [-0.1, -0.05) is 5.21 Å². The van der Waals surface area contributed by atoms with E-state index in [-0.39, 0.29) is 6.42 Å². The van der Waals surface area contributed by atoms with Crippen molar-refractivity contribution in [3.8, 4) is 0 Å². The second-order valence-corrected chi connectivity index (χ2v) is 3.58. The van der Waals surface area contributed by atoms with Crippen LogP contribution >= 0.6 is 0 Å². The lowest BCUT2D eigenvalue weighted by Crippen LogP contribution is -2.27. The summed E-state index contributed by atoms with van der Waals surface area (Å²) in [4.78, 5) is 10.2. The topological polar surface area (TPSA) is 88.2 Å². The molecule has 0 aliphatic rings. The number of hydrogen-bond acceptors (Lipinski definition) is 4. The van der Waals surface area contributed by atoms with E-state index >= 15 is 0 Å². The fourth-order valence-electron chi connectivity index (χ4n) is 1.23. The molecule has 96 valence electrons. The lowest BCUT2D eigenvalue weighted by Gasteiger charge is -2.11. The third kappa shape index (κ3) is 4.06. The van der Waals surface area contributed by atoms with Crippen LogP contribution in [-0.2, 0) is 17.3 Å². The van der Waals surface area contributed by atoms with Crippen LogP contribution in [0.4, 0.5) is 8.78 Å². The number of carbonyl (C=O) groups is 1. The van der Waals surface area contributed by atoms with Gasteiger partial charge in [0.2, 0.25) is 0 Å². The highest BCUT2D eigenvalue weighted by molar-refractivity contribution is 5.66. The summed E-state index contributed by atoms with van der Waals surface area (Å²) in [5, 5.41) is 23.6.